The molecule has 1 fully saturated rings. The van der Waals surface area contributed by atoms with E-state index in [9.17, 15) is 0 Å². The van der Waals surface area contributed by atoms with Crippen molar-refractivity contribution in [3.05, 3.63) is 30.6 Å². The van der Waals surface area contributed by atoms with Crippen molar-refractivity contribution < 1.29 is 4.74 Å². The summed E-state index contributed by atoms with van der Waals surface area (Å²) in [5, 5.41) is 3.43. The molecule has 6 nitrogen and oxygen atoms in total. The zero-order chi connectivity index (χ0) is 18.6. The molecule has 0 unspecified atom stereocenters. The third-order valence-corrected chi connectivity index (χ3v) is 5.28. The summed E-state index contributed by atoms with van der Waals surface area (Å²) in [5.41, 5.74) is 2.78. The lowest BCUT2D eigenvalue weighted by Crippen LogP contribution is -2.13. The summed E-state index contributed by atoms with van der Waals surface area (Å²) in [6.45, 7) is 3.01. The lowest BCUT2D eigenvalue weighted by atomic mass is 9.95. The monoisotopic (exact) mass is 365 g/mol. The highest BCUT2D eigenvalue weighted by Gasteiger charge is 2.21. The van der Waals surface area contributed by atoms with Gasteiger partial charge in [-0.25, -0.2) is 15.0 Å². The number of fused-ring (bicyclic) bond motifs is 1. The molecule has 0 spiro atoms. The Labute approximate surface area is 160 Å². The van der Waals surface area contributed by atoms with Gasteiger partial charge in [-0.05, 0) is 43.5 Å². The summed E-state index contributed by atoms with van der Waals surface area (Å²) in [5.74, 6) is 2.37. The van der Waals surface area contributed by atoms with Gasteiger partial charge in [0.25, 0.3) is 0 Å². The van der Waals surface area contributed by atoms with Crippen molar-refractivity contribution in [2.75, 3.05) is 19.0 Å². The predicted octanol–water partition coefficient (Wildman–Crippen LogP) is 4.83. The molecule has 1 aliphatic rings. The second-order valence-electron chi connectivity index (χ2n) is 7.17. The van der Waals surface area contributed by atoms with Crippen molar-refractivity contribution in [3.8, 4) is 17.1 Å². The van der Waals surface area contributed by atoms with E-state index in [1.54, 1.807) is 7.11 Å². The Bertz CT molecular complexity index is 897. The Balaban J connectivity index is 1.80. The molecule has 0 radical (unpaired) electrons. The lowest BCUT2D eigenvalue weighted by Gasteiger charge is -2.23. The maximum absolute atomic E-state index is 5.27. The van der Waals surface area contributed by atoms with Crippen molar-refractivity contribution in [1.29, 1.82) is 0 Å². The number of methoxy groups -OCH3 is 1. The van der Waals surface area contributed by atoms with E-state index >= 15 is 0 Å². The van der Waals surface area contributed by atoms with Gasteiger partial charge in [-0.15, -0.1) is 0 Å². The molecule has 1 saturated carbocycles. The molecule has 0 bridgehead atoms. The van der Waals surface area contributed by atoms with Gasteiger partial charge in [0, 0.05) is 18.2 Å². The van der Waals surface area contributed by atoms with Crippen molar-refractivity contribution in [2.24, 2.45) is 0 Å². The Kier molecular flexibility index (Phi) is 5.23. The van der Waals surface area contributed by atoms with Crippen LogP contribution >= 0.6 is 0 Å². The number of ether oxygens (including phenoxy) is 1. The van der Waals surface area contributed by atoms with Crippen molar-refractivity contribution in [2.45, 2.75) is 51.5 Å². The minimum atomic E-state index is 0.487. The molecule has 2 aromatic heterocycles. The molecule has 142 valence electrons. The van der Waals surface area contributed by atoms with E-state index < -0.39 is 0 Å². The molecule has 0 atom stereocenters. The molecular weight excluding hydrogens is 338 g/mol. The van der Waals surface area contributed by atoms with Crippen LogP contribution in [-0.2, 0) is 0 Å². The number of nitrogens with one attached hydrogen (secondary N) is 1. The Morgan fingerprint density at radius 1 is 1.11 bits per heavy atom. The van der Waals surface area contributed by atoms with E-state index in [2.05, 4.69) is 21.8 Å². The molecular formula is C21H27N5O. The van der Waals surface area contributed by atoms with E-state index in [0.29, 0.717) is 6.04 Å². The van der Waals surface area contributed by atoms with E-state index in [0.717, 1.165) is 47.1 Å². The predicted molar refractivity (Wildman–Crippen MR) is 108 cm³/mol. The van der Waals surface area contributed by atoms with Crippen LogP contribution in [-0.4, -0.2) is 33.2 Å². The normalized spacial score (nSPS) is 15.2. The maximum Gasteiger partial charge on any atom is 0.166 e. The van der Waals surface area contributed by atoms with Crippen LogP contribution in [0.15, 0.2) is 30.6 Å². The van der Waals surface area contributed by atoms with Gasteiger partial charge in [-0.1, -0.05) is 26.2 Å². The number of benzene rings is 1. The van der Waals surface area contributed by atoms with Gasteiger partial charge in [0.15, 0.2) is 17.3 Å². The first-order valence-corrected chi connectivity index (χ1v) is 9.93. The molecule has 0 aliphatic heterocycles. The van der Waals surface area contributed by atoms with Crippen LogP contribution in [0, 0.1) is 0 Å². The van der Waals surface area contributed by atoms with E-state index in [4.69, 9.17) is 14.7 Å². The highest BCUT2D eigenvalue weighted by molar-refractivity contribution is 5.85. The molecule has 27 heavy (non-hydrogen) atoms. The second kappa shape index (κ2) is 7.94. The van der Waals surface area contributed by atoms with Crippen LogP contribution in [0.25, 0.3) is 22.6 Å². The topological polar surface area (TPSA) is 64.9 Å². The fourth-order valence-electron chi connectivity index (χ4n) is 3.78. The molecule has 3 aromatic rings. The molecule has 0 saturated heterocycles. The minimum Gasteiger partial charge on any atom is -0.497 e. The zero-order valence-electron chi connectivity index (χ0n) is 16.1. The van der Waals surface area contributed by atoms with Gasteiger partial charge < -0.3 is 14.6 Å². The van der Waals surface area contributed by atoms with E-state index in [1.807, 2.05) is 30.6 Å². The lowest BCUT2D eigenvalue weighted by molar-refractivity contribution is 0.358. The molecule has 6 heteroatoms. The summed E-state index contributed by atoms with van der Waals surface area (Å²) >= 11 is 0. The van der Waals surface area contributed by atoms with Gasteiger partial charge >= 0.3 is 0 Å². The first-order valence-electron chi connectivity index (χ1n) is 9.93. The Morgan fingerprint density at radius 3 is 2.59 bits per heavy atom. The largest absolute Gasteiger partial charge is 0.497 e. The third kappa shape index (κ3) is 3.61. The van der Waals surface area contributed by atoms with Crippen molar-refractivity contribution >= 4 is 17.0 Å². The number of anilines is 1. The van der Waals surface area contributed by atoms with Crippen molar-refractivity contribution in [1.82, 2.24) is 19.5 Å². The fraction of sp³-hybridized carbons (Fsp3) is 0.476. The first kappa shape index (κ1) is 17.8. The molecule has 1 N–H and O–H groups in total. The second-order valence-corrected chi connectivity index (χ2v) is 7.17. The number of aromatic nitrogens is 4. The van der Waals surface area contributed by atoms with Crippen LogP contribution in [0.1, 0.15) is 51.5 Å². The smallest absolute Gasteiger partial charge is 0.166 e. The first-order chi connectivity index (χ1) is 13.3. The third-order valence-electron chi connectivity index (χ3n) is 5.28. The summed E-state index contributed by atoms with van der Waals surface area (Å²) in [4.78, 5) is 14.4. The average molecular weight is 365 g/mol. The minimum absolute atomic E-state index is 0.487. The van der Waals surface area contributed by atoms with Gasteiger partial charge in [0.05, 0.1) is 13.4 Å². The number of hydrogen-bond acceptors (Lipinski definition) is 5. The summed E-state index contributed by atoms with van der Waals surface area (Å²) in [7, 11) is 1.67. The molecule has 1 aliphatic carbocycles. The van der Waals surface area contributed by atoms with Crippen LogP contribution in [0.5, 0.6) is 5.75 Å². The van der Waals surface area contributed by atoms with Crippen molar-refractivity contribution in [3.63, 3.8) is 0 Å². The molecule has 2 heterocycles. The fourth-order valence-corrected chi connectivity index (χ4v) is 3.78. The van der Waals surface area contributed by atoms with Gasteiger partial charge in [-0.3, -0.25) is 0 Å². The van der Waals surface area contributed by atoms with Gasteiger partial charge in [0.2, 0.25) is 0 Å². The van der Waals surface area contributed by atoms with Crippen LogP contribution in [0.3, 0.4) is 0 Å². The van der Waals surface area contributed by atoms with Crippen LogP contribution in [0.2, 0.25) is 0 Å². The SMILES string of the molecule is CCCNc1nc(-c2ccc(OC)cc2)nc2c1ncn2C1CCCCC1. The number of imidazole rings is 1. The Morgan fingerprint density at radius 2 is 1.89 bits per heavy atom. The van der Waals surface area contributed by atoms with E-state index in [-0.39, 0.29) is 0 Å². The highest BCUT2D eigenvalue weighted by Crippen LogP contribution is 2.32. The van der Waals surface area contributed by atoms with Gasteiger partial charge in [0.1, 0.15) is 11.3 Å². The quantitative estimate of drug-likeness (QED) is 0.678. The average Bonchev–Trinajstić information content (AvgIpc) is 3.17. The number of nitrogens with zero attached hydrogens (tertiary/aromatic N) is 4. The van der Waals surface area contributed by atoms with Gasteiger partial charge in [-0.2, -0.15) is 0 Å². The number of hydrogen-bond donors (Lipinski definition) is 1. The zero-order valence-corrected chi connectivity index (χ0v) is 16.1. The summed E-state index contributed by atoms with van der Waals surface area (Å²) in [6.07, 6.45) is 9.27. The maximum atomic E-state index is 5.27. The summed E-state index contributed by atoms with van der Waals surface area (Å²) in [6, 6.07) is 8.39. The standard InChI is InChI=1S/C21H27N5O/c1-3-13-22-20-18-21(26(14-23-18)16-7-5-4-6-8-16)25-19(24-20)15-9-11-17(27-2)12-10-15/h9-12,14,16H,3-8,13H2,1-2H3,(H,22,24,25). The number of rotatable bonds is 6. The van der Waals surface area contributed by atoms with Crippen LogP contribution < -0.4 is 10.1 Å². The Hall–Kier alpha value is -2.63. The summed E-state index contributed by atoms with van der Waals surface area (Å²) < 4.78 is 7.54. The molecule has 0 amide bonds. The molecule has 4 rings (SSSR count). The van der Waals surface area contributed by atoms with Crippen LogP contribution in [0.4, 0.5) is 5.82 Å². The van der Waals surface area contributed by atoms with E-state index in [1.165, 1.54) is 32.1 Å². The highest BCUT2D eigenvalue weighted by atomic mass is 16.5. The molecule has 1 aromatic carbocycles.